The topological polar surface area (TPSA) is 21.3 Å². The molecule has 0 saturated heterocycles. The largest absolute Gasteiger partial charge is 0.375 e. The molecule has 0 radical (unpaired) electrons. The molecule has 3 unspecified atom stereocenters. The van der Waals surface area contributed by atoms with Crippen LogP contribution in [0.3, 0.4) is 0 Å². The standard InChI is InChI=1S/C14H29NO/c1-6-16-14(4,5)10-15-13-9-7-8-11(2)12(13)3/h11-13,15H,6-10H2,1-5H3. The molecule has 2 nitrogen and oxygen atoms in total. The molecule has 1 saturated carbocycles. The summed E-state index contributed by atoms with van der Waals surface area (Å²) in [5.41, 5.74) is -0.0326. The minimum Gasteiger partial charge on any atom is -0.375 e. The van der Waals surface area contributed by atoms with Crippen molar-refractivity contribution < 1.29 is 4.74 Å². The molecule has 1 aliphatic rings. The van der Waals surface area contributed by atoms with Gasteiger partial charge >= 0.3 is 0 Å². The van der Waals surface area contributed by atoms with Gasteiger partial charge in [0, 0.05) is 19.2 Å². The molecule has 1 N–H and O–H groups in total. The molecule has 1 aliphatic carbocycles. The van der Waals surface area contributed by atoms with Crippen molar-refractivity contribution in [2.45, 2.75) is 65.5 Å². The van der Waals surface area contributed by atoms with Crippen LogP contribution in [0.15, 0.2) is 0 Å². The summed E-state index contributed by atoms with van der Waals surface area (Å²) in [6.07, 6.45) is 4.10. The van der Waals surface area contributed by atoms with Gasteiger partial charge in [0.2, 0.25) is 0 Å². The van der Waals surface area contributed by atoms with E-state index in [2.05, 4.69) is 39.9 Å². The zero-order valence-corrected chi connectivity index (χ0v) is 11.7. The van der Waals surface area contributed by atoms with Crippen LogP contribution in [0.2, 0.25) is 0 Å². The highest BCUT2D eigenvalue weighted by Gasteiger charge is 2.28. The summed E-state index contributed by atoms with van der Waals surface area (Å²) in [6, 6.07) is 0.684. The number of hydrogen-bond acceptors (Lipinski definition) is 2. The Labute approximate surface area is 101 Å². The molecule has 96 valence electrons. The Morgan fingerprint density at radius 3 is 2.56 bits per heavy atom. The van der Waals surface area contributed by atoms with Gasteiger partial charge in [-0.3, -0.25) is 0 Å². The van der Waals surface area contributed by atoms with E-state index in [9.17, 15) is 0 Å². The fourth-order valence-electron chi connectivity index (χ4n) is 2.69. The average Bonchev–Trinajstić information content (AvgIpc) is 2.20. The van der Waals surface area contributed by atoms with Gasteiger partial charge in [-0.05, 0) is 39.0 Å². The lowest BCUT2D eigenvalue weighted by Crippen LogP contribution is -2.47. The van der Waals surface area contributed by atoms with Gasteiger partial charge in [-0.2, -0.15) is 0 Å². The van der Waals surface area contributed by atoms with E-state index in [0.717, 1.165) is 25.0 Å². The molecular weight excluding hydrogens is 198 g/mol. The van der Waals surface area contributed by atoms with Crippen molar-refractivity contribution in [2.75, 3.05) is 13.2 Å². The Morgan fingerprint density at radius 2 is 1.94 bits per heavy atom. The lowest BCUT2D eigenvalue weighted by atomic mass is 9.78. The van der Waals surface area contributed by atoms with E-state index in [1.807, 2.05) is 0 Å². The summed E-state index contributed by atoms with van der Waals surface area (Å²) in [7, 11) is 0. The van der Waals surface area contributed by atoms with E-state index in [0.29, 0.717) is 6.04 Å². The Morgan fingerprint density at radius 1 is 1.25 bits per heavy atom. The minimum atomic E-state index is -0.0326. The van der Waals surface area contributed by atoms with E-state index < -0.39 is 0 Å². The molecule has 0 heterocycles. The third-order valence-electron chi connectivity index (χ3n) is 4.03. The van der Waals surface area contributed by atoms with Crippen LogP contribution < -0.4 is 5.32 Å². The van der Waals surface area contributed by atoms with Crippen molar-refractivity contribution in [3.05, 3.63) is 0 Å². The zero-order valence-electron chi connectivity index (χ0n) is 11.7. The lowest BCUT2D eigenvalue weighted by Gasteiger charge is -2.37. The molecule has 0 aliphatic heterocycles. The van der Waals surface area contributed by atoms with Gasteiger partial charge in [0.05, 0.1) is 5.60 Å². The van der Waals surface area contributed by atoms with Crippen LogP contribution in [0.1, 0.15) is 53.9 Å². The zero-order chi connectivity index (χ0) is 12.2. The fraction of sp³-hybridized carbons (Fsp3) is 1.00. The second kappa shape index (κ2) is 6.02. The molecular formula is C14H29NO. The van der Waals surface area contributed by atoms with E-state index >= 15 is 0 Å². The number of ether oxygens (including phenoxy) is 1. The average molecular weight is 227 g/mol. The van der Waals surface area contributed by atoms with Crippen LogP contribution >= 0.6 is 0 Å². The van der Waals surface area contributed by atoms with Crippen LogP contribution in [0.4, 0.5) is 0 Å². The van der Waals surface area contributed by atoms with E-state index in [-0.39, 0.29) is 5.60 Å². The maximum absolute atomic E-state index is 5.72. The molecule has 2 heteroatoms. The van der Waals surface area contributed by atoms with Crippen molar-refractivity contribution in [3.63, 3.8) is 0 Å². The summed E-state index contributed by atoms with van der Waals surface area (Å²) in [4.78, 5) is 0. The number of nitrogens with one attached hydrogen (secondary N) is 1. The van der Waals surface area contributed by atoms with Gasteiger partial charge in [-0.1, -0.05) is 26.7 Å². The van der Waals surface area contributed by atoms with Crippen molar-refractivity contribution >= 4 is 0 Å². The second-order valence-corrected chi connectivity index (χ2v) is 5.95. The van der Waals surface area contributed by atoms with Crippen LogP contribution in [-0.4, -0.2) is 24.8 Å². The smallest absolute Gasteiger partial charge is 0.0750 e. The van der Waals surface area contributed by atoms with Gasteiger partial charge in [0.25, 0.3) is 0 Å². The highest BCUT2D eigenvalue weighted by atomic mass is 16.5. The summed E-state index contributed by atoms with van der Waals surface area (Å²) in [6.45, 7) is 12.9. The first-order chi connectivity index (χ1) is 7.46. The summed E-state index contributed by atoms with van der Waals surface area (Å²) in [5, 5.41) is 3.70. The molecule has 16 heavy (non-hydrogen) atoms. The molecule has 0 amide bonds. The third kappa shape index (κ3) is 4.06. The first kappa shape index (κ1) is 14.0. The van der Waals surface area contributed by atoms with Crippen LogP contribution in [0.5, 0.6) is 0 Å². The molecule has 1 rings (SSSR count). The summed E-state index contributed by atoms with van der Waals surface area (Å²) in [5.74, 6) is 1.66. The molecule has 1 fully saturated rings. The first-order valence-corrected chi connectivity index (χ1v) is 6.83. The van der Waals surface area contributed by atoms with Crippen LogP contribution in [-0.2, 0) is 4.74 Å². The molecule has 0 aromatic heterocycles. The molecule has 0 aromatic rings. The van der Waals surface area contributed by atoms with Gasteiger partial charge in [0.15, 0.2) is 0 Å². The quantitative estimate of drug-likeness (QED) is 0.778. The van der Waals surface area contributed by atoms with Crippen molar-refractivity contribution in [1.82, 2.24) is 5.32 Å². The monoisotopic (exact) mass is 227 g/mol. The van der Waals surface area contributed by atoms with Gasteiger partial charge in [-0.25, -0.2) is 0 Å². The molecule has 0 spiro atoms. The Kier molecular flexibility index (Phi) is 5.26. The van der Waals surface area contributed by atoms with Crippen molar-refractivity contribution in [2.24, 2.45) is 11.8 Å². The predicted molar refractivity (Wildman–Crippen MR) is 69.7 cm³/mol. The van der Waals surface area contributed by atoms with Gasteiger partial charge in [-0.15, -0.1) is 0 Å². The molecule has 0 bridgehead atoms. The first-order valence-electron chi connectivity index (χ1n) is 6.83. The number of hydrogen-bond donors (Lipinski definition) is 1. The highest BCUT2D eigenvalue weighted by Crippen LogP contribution is 2.29. The Balaban J connectivity index is 2.36. The van der Waals surface area contributed by atoms with E-state index in [4.69, 9.17) is 4.74 Å². The normalized spacial score (nSPS) is 31.7. The van der Waals surface area contributed by atoms with Crippen molar-refractivity contribution in [3.8, 4) is 0 Å². The van der Waals surface area contributed by atoms with Crippen LogP contribution in [0.25, 0.3) is 0 Å². The second-order valence-electron chi connectivity index (χ2n) is 5.95. The van der Waals surface area contributed by atoms with Crippen LogP contribution in [0, 0.1) is 11.8 Å². The SMILES string of the molecule is CCOC(C)(C)CNC1CCCC(C)C1C. The Bertz CT molecular complexity index is 203. The van der Waals surface area contributed by atoms with Crippen molar-refractivity contribution in [1.29, 1.82) is 0 Å². The van der Waals surface area contributed by atoms with Gasteiger partial charge in [0.1, 0.15) is 0 Å². The lowest BCUT2D eigenvalue weighted by molar-refractivity contribution is -0.0135. The third-order valence-corrected chi connectivity index (χ3v) is 4.03. The molecule has 3 atom stereocenters. The number of rotatable bonds is 5. The summed E-state index contributed by atoms with van der Waals surface area (Å²) >= 11 is 0. The maximum Gasteiger partial charge on any atom is 0.0750 e. The van der Waals surface area contributed by atoms with E-state index in [1.165, 1.54) is 19.3 Å². The highest BCUT2D eigenvalue weighted by molar-refractivity contribution is 4.84. The predicted octanol–water partition coefficient (Wildman–Crippen LogP) is 3.22. The fourth-order valence-corrected chi connectivity index (χ4v) is 2.69. The summed E-state index contributed by atoms with van der Waals surface area (Å²) < 4.78 is 5.72. The minimum absolute atomic E-state index is 0.0326. The van der Waals surface area contributed by atoms with E-state index in [1.54, 1.807) is 0 Å². The Hall–Kier alpha value is -0.0800. The maximum atomic E-state index is 5.72. The molecule has 0 aromatic carbocycles. The van der Waals surface area contributed by atoms with Gasteiger partial charge < -0.3 is 10.1 Å².